The fourth-order valence-electron chi connectivity index (χ4n) is 2.10. The van der Waals surface area contributed by atoms with Crippen LogP contribution in [-0.2, 0) is 11.0 Å². The quantitative estimate of drug-likeness (QED) is 0.629. The Balaban J connectivity index is 2.08. The lowest BCUT2D eigenvalue weighted by atomic mass is 10.2. The van der Waals surface area contributed by atoms with Gasteiger partial charge >= 0.3 is 11.9 Å². The first kappa shape index (κ1) is 19.2. The number of anilines is 1. The van der Waals surface area contributed by atoms with Crippen LogP contribution in [0.3, 0.4) is 0 Å². The van der Waals surface area contributed by atoms with Gasteiger partial charge in [0.15, 0.2) is 11.9 Å². The number of carbonyl (C=O) groups is 1. The topological polar surface area (TPSA) is 81.5 Å². The molecule has 0 bridgehead atoms. The van der Waals surface area contributed by atoms with Crippen molar-refractivity contribution in [2.45, 2.75) is 26.1 Å². The van der Waals surface area contributed by atoms with Crippen LogP contribution < -0.4 is 10.1 Å². The highest BCUT2D eigenvalue weighted by Gasteiger charge is 2.30. The summed E-state index contributed by atoms with van der Waals surface area (Å²) in [7, 11) is 0. The van der Waals surface area contributed by atoms with E-state index >= 15 is 0 Å². The number of ether oxygens (including phenoxy) is 1. The Morgan fingerprint density at radius 2 is 1.81 bits per heavy atom. The van der Waals surface area contributed by atoms with Gasteiger partial charge in [0.1, 0.15) is 0 Å². The first-order valence-electron chi connectivity index (χ1n) is 7.48. The molecule has 1 amide bonds. The van der Waals surface area contributed by atoms with Gasteiger partial charge in [0.05, 0.1) is 10.5 Å². The molecule has 1 N–H and O–H groups in total. The molecule has 0 spiro atoms. The number of amides is 1. The minimum Gasteiger partial charge on any atom is -0.474 e. The van der Waals surface area contributed by atoms with Gasteiger partial charge in [-0.3, -0.25) is 14.9 Å². The van der Waals surface area contributed by atoms with Crippen LogP contribution in [0, 0.1) is 17.0 Å². The summed E-state index contributed by atoms with van der Waals surface area (Å²) in [6.45, 7) is 3.06. The standard InChI is InChI=1S/C17H15F3N2O4/c1-10-3-8-15(14(9-10)22(24)25)26-11(2)16(23)21-13-6-4-12(5-7-13)17(18,19)20/h3-9,11H,1-2H3,(H,21,23)/t11-/m0/s1. The zero-order valence-electron chi connectivity index (χ0n) is 13.8. The fraction of sp³-hybridized carbons (Fsp3) is 0.235. The number of hydrogen-bond donors (Lipinski definition) is 1. The van der Waals surface area contributed by atoms with Gasteiger partial charge < -0.3 is 10.1 Å². The highest BCUT2D eigenvalue weighted by Crippen LogP contribution is 2.30. The summed E-state index contributed by atoms with van der Waals surface area (Å²) in [6, 6.07) is 8.20. The third-order valence-electron chi connectivity index (χ3n) is 3.46. The van der Waals surface area contributed by atoms with Crippen molar-refractivity contribution in [3.8, 4) is 5.75 Å². The third-order valence-corrected chi connectivity index (χ3v) is 3.46. The Hall–Kier alpha value is -3.10. The van der Waals surface area contributed by atoms with Crippen LogP contribution in [-0.4, -0.2) is 16.9 Å². The van der Waals surface area contributed by atoms with E-state index < -0.39 is 28.7 Å². The fourth-order valence-corrected chi connectivity index (χ4v) is 2.10. The molecule has 0 aliphatic rings. The SMILES string of the molecule is Cc1ccc(O[C@@H](C)C(=O)Nc2ccc(C(F)(F)F)cc2)c([N+](=O)[O-])c1. The lowest BCUT2D eigenvalue weighted by Crippen LogP contribution is -2.30. The first-order chi connectivity index (χ1) is 12.1. The summed E-state index contributed by atoms with van der Waals surface area (Å²) in [5.41, 5.74) is -0.308. The molecular formula is C17H15F3N2O4. The van der Waals surface area contributed by atoms with Crippen LogP contribution >= 0.6 is 0 Å². The minimum absolute atomic E-state index is 0.0735. The minimum atomic E-state index is -4.47. The Labute approximate surface area is 146 Å². The van der Waals surface area contributed by atoms with Crippen LogP contribution in [0.1, 0.15) is 18.1 Å². The maximum atomic E-state index is 12.5. The molecule has 1 atom stereocenters. The number of carbonyl (C=O) groups excluding carboxylic acids is 1. The second kappa shape index (κ2) is 7.42. The van der Waals surface area contributed by atoms with Crippen molar-refractivity contribution in [2.75, 3.05) is 5.32 Å². The molecule has 2 rings (SSSR count). The lowest BCUT2D eigenvalue weighted by Gasteiger charge is -2.15. The average molecular weight is 368 g/mol. The van der Waals surface area contributed by atoms with E-state index in [0.717, 1.165) is 24.3 Å². The van der Waals surface area contributed by atoms with Crippen LogP contribution in [0.5, 0.6) is 5.75 Å². The Morgan fingerprint density at radius 1 is 1.19 bits per heavy atom. The molecule has 26 heavy (non-hydrogen) atoms. The van der Waals surface area contributed by atoms with Gasteiger partial charge in [0, 0.05) is 11.8 Å². The molecule has 0 saturated heterocycles. The zero-order chi connectivity index (χ0) is 19.5. The van der Waals surface area contributed by atoms with Crippen LogP contribution in [0.25, 0.3) is 0 Å². The molecule has 9 heteroatoms. The zero-order valence-corrected chi connectivity index (χ0v) is 13.8. The predicted octanol–water partition coefficient (Wildman–Crippen LogP) is 4.33. The van der Waals surface area contributed by atoms with E-state index in [1.807, 2.05) is 0 Å². The van der Waals surface area contributed by atoms with Crippen molar-refractivity contribution >= 4 is 17.3 Å². The number of nitrogens with zero attached hydrogens (tertiary/aromatic N) is 1. The summed E-state index contributed by atoms with van der Waals surface area (Å²) in [5.74, 6) is -0.727. The maximum absolute atomic E-state index is 12.5. The number of benzene rings is 2. The molecule has 0 fully saturated rings. The van der Waals surface area contributed by atoms with Crippen molar-refractivity contribution in [3.05, 3.63) is 63.7 Å². The van der Waals surface area contributed by atoms with E-state index in [1.54, 1.807) is 13.0 Å². The molecule has 0 aliphatic heterocycles. The molecule has 6 nitrogen and oxygen atoms in total. The van der Waals surface area contributed by atoms with E-state index in [9.17, 15) is 28.1 Å². The molecule has 0 saturated carbocycles. The molecule has 0 aromatic heterocycles. The monoisotopic (exact) mass is 368 g/mol. The highest BCUT2D eigenvalue weighted by atomic mass is 19.4. The number of nitrogens with one attached hydrogen (secondary N) is 1. The lowest BCUT2D eigenvalue weighted by molar-refractivity contribution is -0.386. The number of nitro benzene ring substituents is 1. The number of nitro groups is 1. The average Bonchev–Trinajstić information content (AvgIpc) is 2.55. The van der Waals surface area contributed by atoms with Crippen LogP contribution in [0.4, 0.5) is 24.5 Å². The van der Waals surface area contributed by atoms with E-state index in [-0.39, 0.29) is 17.1 Å². The number of rotatable bonds is 5. The van der Waals surface area contributed by atoms with Gasteiger partial charge in [0.2, 0.25) is 0 Å². The van der Waals surface area contributed by atoms with E-state index in [0.29, 0.717) is 5.56 Å². The second-order valence-electron chi connectivity index (χ2n) is 5.55. The van der Waals surface area contributed by atoms with E-state index in [4.69, 9.17) is 4.74 Å². The molecule has 0 unspecified atom stereocenters. The van der Waals surface area contributed by atoms with Gasteiger partial charge in [-0.05, 0) is 49.7 Å². The number of halogens is 3. The number of alkyl halides is 3. The Morgan fingerprint density at radius 3 is 2.35 bits per heavy atom. The summed E-state index contributed by atoms with van der Waals surface area (Å²) in [5, 5.41) is 13.5. The molecule has 2 aromatic rings. The molecule has 2 aromatic carbocycles. The van der Waals surface area contributed by atoms with Gasteiger partial charge in [-0.25, -0.2) is 0 Å². The van der Waals surface area contributed by atoms with Gasteiger partial charge in [-0.2, -0.15) is 13.2 Å². The summed E-state index contributed by atoms with van der Waals surface area (Å²) in [4.78, 5) is 22.6. The number of hydrogen-bond acceptors (Lipinski definition) is 4. The Kier molecular flexibility index (Phi) is 5.49. The molecule has 0 aliphatic carbocycles. The van der Waals surface area contributed by atoms with Crippen molar-refractivity contribution in [2.24, 2.45) is 0 Å². The van der Waals surface area contributed by atoms with Gasteiger partial charge in [-0.1, -0.05) is 6.07 Å². The molecular weight excluding hydrogens is 353 g/mol. The maximum Gasteiger partial charge on any atom is 0.416 e. The van der Waals surface area contributed by atoms with Crippen LogP contribution in [0.15, 0.2) is 42.5 Å². The molecule has 0 radical (unpaired) electrons. The third kappa shape index (κ3) is 4.71. The van der Waals surface area contributed by atoms with Crippen LogP contribution in [0.2, 0.25) is 0 Å². The first-order valence-corrected chi connectivity index (χ1v) is 7.48. The Bertz CT molecular complexity index is 820. The van der Waals surface area contributed by atoms with Gasteiger partial charge in [-0.15, -0.1) is 0 Å². The molecule has 0 heterocycles. The largest absolute Gasteiger partial charge is 0.474 e. The van der Waals surface area contributed by atoms with Crippen molar-refractivity contribution < 1.29 is 27.6 Å². The van der Waals surface area contributed by atoms with Crippen molar-refractivity contribution in [3.63, 3.8) is 0 Å². The summed E-state index contributed by atoms with van der Waals surface area (Å²) >= 11 is 0. The summed E-state index contributed by atoms with van der Waals surface area (Å²) < 4.78 is 42.9. The summed E-state index contributed by atoms with van der Waals surface area (Å²) in [6.07, 6.45) is -5.57. The van der Waals surface area contributed by atoms with E-state index in [2.05, 4.69) is 5.32 Å². The normalized spacial score (nSPS) is 12.3. The van der Waals surface area contributed by atoms with E-state index in [1.165, 1.54) is 19.1 Å². The molecule has 138 valence electrons. The second-order valence-corrected chi connectivity index (χ2v) is 5.55. The van der Waals surface area contributed by atoms with Crippen molar-refractivity contribution in [1.82, 2.24) is 0 Å². The highest BCUT2D eigenvalue weighted by molar-refractivity contribution is 5.94. The van der Waals surface area contributed by atoms with Crippen molar-refractivity contribution in [1.29, 1.82) is 0 Å². The number of aryl methyl sites for hydroxylation is 1. The predicted molar refractivity (Wildman–Crippen MR) is 88.0 cm³/mol. The van der Waals surface area contributed by atoms with Gasteiger partial charge in [0.25, 0.3) is 5.91 Å². The smallest absolute Gasteiger partial charge is 0.416 e.